The zero-order chi connectivity index (χ0) is 15.2. The third-order valence-corrected chi connectivity index (χ3v) is 4.71. The molecule has 0 spiro atoms. The van der Waals surface area contributed by atoms with Gasteiger partial charge in [0, 0.05) is 12.6 Å². The van der Waals surface area contributed by atoms with E-state index in [-0.39, 0.29) is 5.82 Å². The minimum atomic E-state index is -0.159. The lowest BCUT2D eigenvalue weighted by Gasteiger charge is -2.23. The van der Waals surface area contributed by atoms with Gasteiger partial charge in [-0.2, -0.15) is 0 Å². The molecule has 0 radical (unpaired) electrons. The molecule has 0 bridgehead atoms. The molecular weight excluding hydrogens is 263 g/mol. The van der Waals surface area contributed by atoms with Gasteiger partial charge in [-0.1, -0.05) is 32.9 Å². The molecular formula is C18H29FN2. The first-order valence-electron chi connectivity index (χ1n) is 8.31. The van der Waals surface area contributed by atoms with Crippen LogP contribution in [0.2, 0.25) is 0 Å². The maximum Gasteiger partial charge on any atom is 0.123 e. The molecule has 3 heteroatoms. The number of rotatable bonds is 7. The Balaban J connectivity index is 1.87. The molecule has 2 atom stereocenters. The molecule has 1 heterocycles. The summed E-state index contributed by atoms with van der Waals surface area (Å²) in [6.07, 6.45) is 2.42. The Kier molecular flexibility index (Phi) is 6.19. The van der Waals surface area contributed by atoms with Crippen molar-refractivity contribution in [3.8, 4) is 0 Å². The Morgan fingerprint density at radius 1 is 1.29 bits per heavy atom. The van der Waals surface area contributed by atoms with E-state index in [9.17, 15) is 4.39 Å². The molecule has 2 unspecified atom stereocenters. The van der Waals surface area contributed by atoms with E-state index in [1.807, 2.05) is 12.1 Å². The van der Waals surface area contributed by atoms with E-state index < -0.39 is 0 Å². The van der Waals surface area contributed by atoms with Gasteiger partial charge in [-0.05, 0) is 62.0 Å². The van der Waals surface area contributed by atoms with E-state index in [0.717, 1.165) is 31.3 Å². The summed E-state index contributed by atoms with van der Waals surface area (Å²) in [5.41, 5.74) is 1.19. The van der Waals surface area contributed by atoms with Crippen molar-refractivity contribution in [2.75, 3.05) is 26.2 Å². The van der Waals surface area contributed by atoms with Crippen LogP contribution in [0.1, 0.15) is 45.2 Å². The van der Waals surface area contributed by atoms with E-state index in [1.54, 1.807) is 12.1 Å². The lowest BCUT2D eigenvalue weighted by Crippen LogP contribution is -2.28. The minimum Gasteiger partial charge on any atom is -0.310 e. The van der Waals surface area contributed by atoms with Crippen LogP contribution in [0, 0.1) is 17.7 Å². The molecule has 1 aliphatic heterocycles. The van der Waals surface area contributed by atoms with Crippen molar-refractivity contribution in [1.82, 2.24) is 10.2 Å². The Hall–Kier alpha value is -0.930. The molecule has 0 amide bonds. The van der Waals surface area contributed by atoms with Gasteiger partial charge >= 0.3 is 0 Å². The second-order valence-corrected chi connectivity index (χ2v) is 6.54. The summed E-state index contributed by atoms with van der Waals surface area (Å²) < 4.78 is 13.1. The molecule has 1 saturated heterocycles. The first-order chi connectivity index (χ1) is 10.1. The largest absolute Gasteiger partial charge is 0.310 e. The second-order valence-electron chi connectivity index (χ2n) is 6.54. The molecule has 1 fully saturated rings. The van der Waals surface area contributed by atoms with Gasteiger partial charge in [0.05, 0.1) is 0 Å². The summed E-state index contributed by atoms with van der Waals surface area (Å²) in [6, 6.07) is 7.26. The van der Waals surface area contributed by atoms with Gasteiger partial charge < -0.3 is 10.2 Å². The van der Waals surface area contributed by atoms with E-state index in [2.05, 4.69) is 31.0 Å². The Morgan fingerprint density at radius 3 is 2.57 bits per heavy atom. The molecule has 118 valence electrons. The summed E-state index contributed by atoms with van der Waals surface area (Å²) in [5.74, 6) is 1.48. The zero-order valence-corrected chi connectivity index (χ0v) is 13.6. The van der Waals surface area contributed by atoms with Crippen molar-refractivity contribution in [3.05, 3.63) is 35.6 Å². The van der Waals surface area contributed by atoms with Gasteiger partial charge in [0.25, 0.3) is 0 Å². The van der Waals surface area contributed by atoms with Gasteiger partial charge in [0.15, 0.2) is 0 Å². The number of halogens is 1. The summed E-state index contributed by atoms with van der Waals surface area (Å²) in [6.45, 7) is 11.3. The van der Waals surface area contributed by atoms with E-state index in [4.69, 9.17) is 0 Å². The van der Waals surface area contributed by atoms with E-state index in [1.165, 1.54) is 25.1 Å². The van der Waals surface area contributed by atoms with Gasteiger partial charge in [0.2, 0.25) is 0 Å². The van der Waals surface area contributed by atoms with Crippen LogP contribution in [0.15, 0.2) is 24.3 Å². The van der Waals surface area contributed by atoms with Gasteiger partial charge in [-0.15, -0.1) is 0 Å². The lowest BCUT2D eigenvalue weighted by atomic mass is 9.95. The highest BCUT2D eigenvalue weighted by Gasteiger charge is 2.25. The topological polar surface area (TPSA) is 15.3 Å². The van der Waals surface area contributed by atoms with Crippen molar-refractivity contribution in [2.24, 2.45) is 11.8 Å². The number of likely N-dealkylation sites (tertiary alicyclic amines) is 1. The highest BCUT2D eigenvalue weighted by molar-refractivity contribution is 5.20. The lowest BCUT2D eigenvalue weighted by molar-refractivity contribution is 0.285. The van der Waals surface area contributed by atoms with E-state index in [0.29, 0.717) is 6.04 Å². The normalized spacial score (nSPS) is 21.1. The smallest absolute Gasteiger partial charge is 0.123 e. The third-order valence-electron chi connectivity index (χ3n) is 4.71. The molecule has 2 rings (SSSR count). The van der Waals surface area contributed by atoms with Crippen LogP contribution >= 0.6 is 0 Å². The predicted molar refractivity (Wildman–Crippen MR) is 86.8 cm³/mol. The first-order valence-corrected chi connectivity index (χ1v) is 8.31. The average molecular weight is 292 g/mol. The van der Waals surface area contributed by atoms with Crippen LogP contribution in [0.5, 0.6) is 0 Å². The summed E-state index contributed by atoms with van der Waals surface area (Å²) in [4.78, 5) is 2.58. The summed E-state index contributed by atoms with van der Waals surface area (Å²) in [5, 5.41) is 3.53. The van der Waals surface area contributed by atoms with Gasteiger partial charge in [0.1, 0.15) is 5.82 Å². The van der Waals surface area contributed by atoms with Crippen molar-refractivity contribution in [3.63, 3.8) is 0 Å². The Bertz CT molecular complexity index is 416. The first kappa shape index (κ1) is 16.4. The second kappa shape index (κ2) is 7.90. The van der Waals surface area contributed by atoms with Crippen molar-refractivity contribution >= 4 is 0 Å². The summed E-state index contributed by atoms with van der Waals surface area (Å²) >= 11 is 0. The minimum absolute atomic E-state index is 0.159. The van der Waals surface area contributed by atoms with Crippen LogP contribution in [0.3, 0.4) is 0 Å². The van der Waals surface area contributed by atoms with Gasteiger partial charge in [-0.3, -0.25) is 0 Å². The fourth-order valence-corrected chi connectivity index (χ4v) is 3.25. The van der Waals surface area contributed by atoms with Crippen molar-refractivity contribution in [2.45, 2.75) is 39.7 Å². The van der Waals surface area contributed by atoms with Crippen molar-refractivity contribution in [1.29, 1.82) is 0 Å². The fraction of sp³-hybridized carbons (Fsp3) is 0.667. The third kappa shape index (κ3) is 4.79. The van der Waals surface area contributed by atoms with Crippen LogP contribution < -0.4 is 5.32 Å². The number of nitrogens with one attached hydrogen (secondary N) is 1. The highest BCUT2D eigenvalue weighted by atomic mass is 19.1. The molecule has 0 aromatic heterocycles. The average Bonchev–Trinajstić information content (AvgIpc) is 2.93. The predicted octanol–water partition coefficient (Wildman–Crippen LogP) is 3.84. The van der Waals surface area contributed by atoms with Crippen LogP contribution in [-0.4, -0.2) is 31.1 Å². The van der Waals surface area contributed by atoms with Crippen LogP contribution in [0.25, 0.3) is 0 Å². The van der Waals surface area contributed by atoms with Crippen LogP contribution in [0.4, 0.5) is 4.39 Å². The molecule has 1 aliphatic rings. The quantitative estimate of drug-likeness (QED) is 0.821. The maximum absolute atomic E-state index is 13.1. The SMILES string of the molecule is CCNC(CCN1CCC(C(C)C)C1)c1ccc(F)cc1. The Morgan fingerprint density at radius 2 is 2.00 bits per heavy atom. The molecule has 2 nitrogen and oxygen atoms in total. The standard InChI is InChI=1S/C18H29FN2/c1-4-20-18(15-5-7-17(19)8-6-15)10-12-21-11-9-16(13-21)14(2)3/h5-8,14,16,18,20H,4,9-13H2,1-3H3. The molecule has 21 heavy (non-hydrogen) atoms. The Labute approximate surface area is 128 Å². The zero-order valence-electron chi connectivity index (χ0n) is 13.6. The highest BCUT2D eigenvalue weighted by Crippen LogP contribution is 2.25. The number of hydrogen-bond donors (Lipinski definition) is 1. The maximum atomic E-state index is 13.1. The summed E-state index contributed by atoms with van der Waals surface area (Å²) in [7, 11) is 0. The van der Waals surface area contributed by atoms with Crippen molar-refractivity contribution < 1.29 is 4.39 Å². The molecule has 0 aliphatic carbocycles. The number of hydrogen-bond acceptors (Lipinski definition) is 2. The molecule has 0 saturated carbocycles. The van der Waals surface area contributed by atoms with Gasteiger partial charge in [-0.25, -0.2) is 4.39 Å². The molecule has 1 aromatic carbocycles. The monoisotopic (exact) mass is 292 g/mol. The fourth-order valence-electron chi connectivity index (χ4n) is 3.25. The molecule has 1 aromatic rings. The number of nitrogens with zero attached hydrogens (tertiary/aromatic N) is 1. The van der Waals surface area contributed by atoms with Crippen LogP contribution in [-0.2, 0) is 0 Å². The number of benzene rings is 1. The van der Waals surface area contributed by atoms with E-state index >= 15 is 0 Å². The molecule has 1 N–H and O–H groups in total.